The first-order valence-electron chi connectivity index (χ1n) is 13.0. The third kappa shape index (κ3) is 10.5. The number of rotatable bonds is 14. The molecule has 1 fully saturated rings. The van der Waals surface area contributed by atoms with E-state index in [1.807, 2.05) is 60.7 Å². The van der Waals surface area contributed by atoms with Crippen molar-refractivity contribution in [3.63, 3.8) is 0 Å². The van der Waals surface area contributed by atoms with E-state index >= 15 is 0 Å². The molecular weight excluding hydrogens is 488 g/mol. The first-order chi connectivity index (χ1) is 18.5. The van der Waals surface area contributed by atoms with Gasteiger partial charge in [0, 0.05) is 18.8 Å². The van der Waals surface area contributed by atoms with Crippen LogP contribution in [0.2, 0.25) is 0 Å². The van der Waals surface area contributed by atoms with E-state index in [1.165, 1.54) is 0 Å². The van der Waals surface area contributed by atoms with E-state index in [-0.39, 0.29) is 30.7 Å². The Hall–Kier alpha value is -4.08. The first kappa shape index (κ1) is 28.5. The van der Waals surface area contributed by atoms with Crippen molar-refractivity contribution in [1.82, 2.24) is 21.3 Å². The molecule has 0 radical (unpaired) electrons. The maximum Gasteiger partial charge on any atom is 0.407 e. The number of alkyl carbamates (subject to hydrolysis) is 2. The number of carbonyl (C=O) groups excluding carboxylic acids is 4. The molecule has 0 saturated carbocycles. The van der Waals surface area contributed by atoms with Crippen LogP contribution >= 0.6 is 0 Å². The molecule has 2 unspecified atom stereocenters. The number of piperazine rings is 1. The van der Waals surface area contributed by atoms with Gasteiger partial charge in [-0.3, -0.25) is 9.59 Å². The maximum absolute atomic E-state index is 12.4. The highest BCUT2D eigenvalue weighted by Crippen LogP contribution is 2.10. The fraction of sp³-hybridized carbons (Fsp3) is 0.429. The minimum Gasteiger partial charge on any atom is -0.445 e. The Bertz CT molecular complexity index is 970. The van der Waals surface area contributed by atoms with Gasteiger partial charge in [0.05, 0.1) is 0 Å². The number of hydrogen-bond acceptors (Lipinski definition) is 6. The zero-order valence-electron chi connectivity index (χ0n) is 21.4. The highest BCUT2D eigenvalue weighted by atomic mass is 16.6. The van der Waals surface area contributed by atoms with Crippen molar-refractivity contribution in [1.29, 1.82) is 0 Å². The predicted octanol–water partition coefficient (Wildman–Crippen LogP) is 4.15. The smallest absolute Gasteiger partial charge is 0.407 e. The molecule has 0 aliphatic carbocycles. The van der Waals surface area contributed by atoms with Gasteiger partial charge in [0.1, 0.15) is 25.3 Å². The Labute approximate surface area is 228 Å². The van der Waals surface area contributed by atoms with E-state index in [1.54, 1.807) is 0 Å². The number of hydrogen-bond donors (Lipinski definition) is 4. The van der Waals surface area contributed by atoms with Crippen LogP contribution in [0, 0.1) is 0 Å². The van der Waals surface area contributed by atoms with E-state index in [4.69, 9.17) is 9.47 Å². The van der Waals surface area contributed by atoms with Crippen molar-refractivity contribution in [2.75, 3.05) is 13.1 Å². The molecule has 0 aromatic heterocycles. The topological polar surface area (TPSA) is 135 Å². The van der Waals surface area contributed by atoms with E-state index in [0.717, 1.165) is 11.1 Å². The average Bonchev–Trinajstić information content (AvgIpc) is 2.93. The molecule has 4 amide bonds. The summed E-state index contributed by atoms with van der Waals surface area (Å²) in [5.74, 6) is -0.403. The zero-order valence-corrected chi connectivity index (χ0v) is 21.4. The minimum atomic E-state index is -0.579. The van der Waals surface area contributed by atoms with Crippen LogP contribution in [0.25, 0.3) is 0 Å². The van der Waals surface area contributed by atoms with Crippen molar-refractivity contribution < 1.29 is 34.4 Å². The Balaban J connectivity index is 0. The average molecular weight is 533 g/mol. The fourth-order valence-corrected chi connectivity index (χ4v) is 3.96. The quantitative estimate of drug-likeness (QED) is 0.270. The molecule has 1 heterocycles. The molecule has 2 aromatic rings. The number of amides is 4. The molecule has 0 spiro atoms. The summed E-state index contributed by atoms with van der Waals surface area (Å²) in [6.07, 6.45) is 2.64. The summed E-state index contributed by atoms with van der Waals surface area (Å²) < 4.78 is 10.3. The number of benzene rings is 2. The molecule has 1 aliphatic heterocycles. The molecule has 10 heteroatoms. The van der Waals surface area contributed by atoms with Gasteiger partial charge in [-0.1, -0.05) is 60.7 Å². The highest BCUT2D eigenvalue weighted by molar-refractivity contribution is 5.96. The number of nitrogens with one attached hydrogen (secondary N) is 4. The van der Waals surface area contributed by atoms with Gasteiger partial charge in [0.15, 0.2) is 0 Å². The SMILES string of the molecule is O=C(NCCCCC1NC(=O)C(CCCCNC(=O)OCc2ccccc2)NC1=O)OCc1ccccc1.[HH].[HH].[HH].[HH]. The summed E-state index contributed by atoms with van der Waals surface area (Å²) in [6.45, 7) is 1.26. The van der Waals surface area contributed by atoms with Gasteiger partial charge in [-0.15, -0.1) is 0 Å². The summed E-state index contributed by atoms with van der Waals surface area (Å²) in [6, 6.07) is 17.7. The number of ether oxygens (including phenoxy) is 2. The van der Waals surface area contributed by atoms with E-state index in [0.29, 0.717) is 51.6 Å². The molecule has 2 aromatic carbocycles. The summed E-state index contributed by atoms with van der Waals surface area (Å²) in [4.78, 5) is 48.4. The lowest BCUT2D eigenvalue weighted by Gasteiger charge is -2.29. The van der Waals surface area contributed by atoms with Gasteiger partial charge in [-0.25, -0.2) is 9.59 Å². The van der Waals surface area contributed by atoms with Crippen LogP contribution in [0.5, 0.6) is 0 Å². The lowest BCUT2D eigenvalue weighted by Crippen LogP contribution is -2.61. The van der Waals surface area contributed by atoms with Gasteiger partial charge in [-0.2, -0.15) is 0 Å². The van der Waals surface area contributed by atoms with Crippen molar-refractivity contribution in [3.05, 3.63) is 71.8 Å². The summed E-state index contributed by atoms with van der Waals surface area (Å²) in [5, 5.41) is 11.0. The van der Waals surface area contributed by atoms with Crippen LogP contribution in [0.3, 0.4) is 0 Å². The lowest BCUT2D eigenvalue weighted by molar-refractivity contribution is -0.137. The Kier molecular flexibility index (Phi) is 11.9. The van der Waals surface area contributed by atoms with Crippen molar-refractivity contribution in [3.8, 4) is 0 Å². The van der Waals surface area contributed by atoms with Crippen LogP contribution in [-0.4, -0.2) is 49.2 Å². The monoisotopic (exact) mass is 532 g/mol. The molecule has 0 bridgehead atoms. The largest absolute Gasteiger partial charge is 0.445 e. The normalized spacial score (nSPS) is 16.6. The highest BCUT2D eigenvalue weighted by Gasteiger charge is 2.32. The Morgan fingerprint density at radius 3 is 1.45 bits per heavy atom. The van der Waals surface area contributed by atoms with Crippen molar-refractivity contribution in [2.24, 2.45) is 0 Å². The third-order valence-electron chi connectivity index (χ3n) is 6.07. The van der Waals surface area contributed by atoms with Gasteiger partial charge < -0.3 is 30.7 Å². The second-order valence-electron chi connectivity index (χ2n) is 9.09. The second kappa shape index (κ2) is 15.9. The van der Waals surface area contributed by atoms with E-state index in [9.17, 15) is 19.2 Å². The molecule has 10 nitrogen and oxygen atoms in total. The molecule has 2 atom stereocenters. The van der Waals surface area contributed by atoms with Crippen LogP contribution < -0.4 is 21.3 Å². The molecule has 1 aliphatic rings. The summed E-state index contributed by atoms with van der Waals surface area (Å²) in [7, 11) is 0. The zero-order chi connectivity index (χ0) is 27.0. The second-order valence-corrected chi connectivity index (χ2v) is 9.09. The van der Waals surface area contributed by atoms with Gasteiger partial charge >= 0.3 is 12.2 Å². The van der Waals surface area contributed by atoms with Crippen molar-refractivity contribution >= 4 is 24.0 Å². The van der Waals surface area contributed by atoms with Crippen LogP contribution in [0.15, 0.2) is 60.7 Å². The van der Waals surface area contributed by atoms with Gasteiger partial charge in [0.2, 0.25) is 11.8 Å². The van der Waals surface area contributed by atoms with E-state index < -0.39 is 24.3 Å². The minimum absolute atomic E-state index is 0. The molecule has 4 N–H and O–H groups in total. The van der Waals surface area contributed by atoms with E-state index in [2.05, 4.69) is 21.3 Å². The summed E-state index contributed by atoms with van der Waals surface area (Å²) >= 11 is 0. The van der Waals surface area contributed by atoms with Gasteiger partial charge in [-0.05, 0) is 49.7 Å². The number of carbonyl (C=O) groups is 4. The molecule has 212 valence electrons. The van der Waals surface area contributed by atoms with Crippen molar-refractivity contribution in [2.45, 2.75) is 63.8 Å². The molecule has 38 heavy (non-hydrogen) atoms. The Morgan fingerprint density at radius 2 is 1.05 bits per heavy atom. The molecular formula is C28H44N4O6. The Morgan fingerprint density at radius 1 is 0.658 bits per heavy atom. The third-order valence-corrected chi connectivity index (χ3v) is 6.07. The first-order valence-corrected chi connectivity index (χ1v) is 13.0. The number of unbranched alkanes of at least 4 members (excludes halogenated alkanes) is 2. The lowest BCUT2D eigenvalue weighted by atomic mass is 10.0. The summed E-state index contributed by atoms with van der Waals surface area (Å²) in [5.41, 5.74) is 1.83. The van der Waals surface area contributed by atoms with Crippen LogP contribution in [0.4, 0.5) is 9.59 Å². The molecule has 1 saturated heterocycles. The fourth-order valence-electron chi connectivity index (χ4n) is 3.96. The van der Waals surface area contributed by atoms with Crippen LogP contribution in [0.1, 0.15) is 55.4 Å². The maximum atomic E-state index is 12.4. The molecule has 3 rings (SSSR count). The predicted molar refractivity (Wildman–Crippen MR) is 149 cm³/mol. The standard InChI is InChI=1S/C28H36N4O6.4H2/c33-25-23(15-7-9-17-29-27(35)37-19-21-11-3-1-4-12-21)31-26(34)24(32-25)16-8-10-18-30-28(36)38-20-22-13-5-2-6-14-22;;;;/h1-6,11-14,23-24H,7-10,15-20H2,(H,29,35)(H,30,36)(H,31,34)(H,32,33);4*1H. The van der Waals surface area contributed by atoms with Crippen LogP contribution in [-0.2, 0) is 32.3 Å². The van der Waals surface area contributed by atoms with Gasteiger partial charge in [0.25, 0.3) is 0 Å².